The number of anilines is 1. The molecule has 0 saturated carbocycles. The topological polar surface area (TPSA) is 94.8 Å². The number of esters is 1. The first-order valence-corrected chi connectivity index (χ1v) is 10.6. The van der Waals surface area contributed by atoms with Crippen LogP contribution in [0.4, 0.5) is 14.5 Å². The quantitative estimate of drug-likeness (QED) is 0.518. The van der Waals surface area contributed by atoms with Gasteiger partial charge in [0.15, 0.2) is 5.76 Å². The van der Waals surface area contributed by atoms with Gasteiger partial charge < -0.3 is 13.9 Å². The zero-order valence-corrected chi connectivity index (χ0v) is 17.5. The molecule has 1 aliphatic rings. The predicted molar refractivity (Wildman–Crippen MR) is 105 cm³/mol. The first kappa shape index (κ1) is 20.4. The number of benzene rings is 2. The highest BCUT2D eigenvalue weighted by Gasteiger charge is 2.35. The van der Waals surface area contributed by atoms with Gasteiger partial charge in [-0.2, -0.15) is 4.39 Å². The number of hydrogen-bond donors (Lipinski definition) is 1. The van der Waals surface area contributed by atoms with Gasteiger partial charge in [-0.1, -0.05) is 0 Å². The van der Waals surface area contributed by atoms with Crippen LogP contribution in [0, 0.1) is 5.82 Å². The van der Waals surface area contributed by atoms with E-state index in [1.807, 2.05) is 0 Å². The zero-order valence-electron chi connectivity index (χ0n) is 15.1. The minimum Gasteiger partial charge on any atom is -0.465 e. The van der Waals surface area contributed by atoms with Crippen LogP contribution in [0.25, 0.3) is 11.1 Å². The lowest BCUT2D eigenvalue weighted by Crippen LogP contribution is -2.19. The smallest absolute Gasteiger partial charge is 0.343 e. The Bertz CT molecular complexity index is 1270. The van der Waals surface area contributed by atoms with Gasteiger partial charge in [-0.05, 0) is 52.3 Å². The second kappa shape index (κ2) is 7.40. The summed E-state index contributed by atoms with van der Waals surface area (Å²) < 4.78 is 70.7. The van der Waals surface area contributed by atoms with E-state index in [1.54, 1.807) is 0 Å². The normalized spacial score (nSPS) is 15.0. The van der Waals surface area contributed by atoms with Gasteiger partial charge in [-0.3, -0.25) is 4.72 Å². The van der Waals surface area contributed by atoms with Crippen LogP contribution < -0.4 is 9.46 Å². The SMILES string of the molecule is COC(=O)c1c(NS(=O)(=O)c2ccc(F)cc2Br)ccc2c1OC(F)c1occc1-2. The number of nitrogens with one attached hydrogen (secondary N) is 1. The van der Waals surface area contributed by atoms with Gasteiger partial charge in [0.05, 0.1) is 19.1 Å². The molecule has 1 atom stereocenters. The van der Waals surface area contributed by atoms with Crippen molar-refractivity contribution in [3.63, 3.8) is 0 Å². The average Bonchev–Trinajstić information content (AvgIpc) is 3.17. The van der Waals surface area contributed by atoms with E-state index in [4.69, 9.17) is 13.9 Å². The van der Waals surface area contributed by atoms with Crippen LogP contribution in [0.3, 0.4) is 0 Å². The summed E-state index contributed by atoms with van der Waals surface area (Å²) in [5, 5.41) is 0. The molecule has 4 rings (SSSR count). The molecule has 0 radical (unpaired) electrons. The molecule has 0 fully saturated rings. The number of carbonyl (C=O) groups excluding carboxylic acids is 1. The molecule has 0 amide bonds. The van der Waals surface area contributed by atoms with Gasteiger partial charge in [0, 0.05) is 15.6 Å². The van der Waals surface area contributed by atoms with E-state index in [2.05, 4.69) is 20.7 Å². The molecule has 1 aromatic heterocycles. The molecule has 1 unspecified atom stereocenters. The van der Waals surface area contributed by atoms with Crippen molar-refractivity contribution in [2.45, 2.75) is 11.3 Å². The molecule has 7 nitrogen and oxygen atoms in total. The Balaban J connectivity index is 1.86. The Morgan fingerprint density at radius 2 is 1.97 bits per heavy atom. The summed E-state index contributed by atoms with van der Waals surface area (Å²) in [5.41, 5.74) is 0.186. The lowest BCUT2D eigenvalue weighted by molar-refractivity contribution is 0.0395. The maximum atomic E-state index is 14.4. The molecule has 11 heteroatoms. The minimum atomic E-state index is -4.25. The van der Waals surface area contributed by atoms with Gasteiger partial charge >= 0.3 is 5.97 Å². The van der Waals surface area contributed by atoms with Gasteiger partial charge in [-0.25, -0.2) is 17.6 Å². The summed E-state index contributed by atoms with van der Waals surface area (Å²) in [4.78, 5) is 12.2. The van der Waals surface area contributed by atoms with E-state index in [0.29, 0.717) is 11.1 Å². The third-order valence-corrected chi connectivity index (χ3v) is 6.73. The number of fused-ring (bicyclic) bond motifs is 3. The van der Waals surface area contributed by atoms with Crippen molar-refractivity contribution in [2.24, 2.45) is 0 Å². The van der Waals surface area contributed by atoms with Crippen LogP contribution in [0.2, 0.25) is 0 Å². The highest BCUT2D eigenvalue weighted by Crippen LogP contribution is 2.47. The number of ether oxygens (including phenoxy) is 2. The van der Waals surface area contributed by atoms with Crippen molar-refractivity contribution in [2.75, 3.05) is 11.8 Å². The molecule has 1 aliphatic heterocycles. The summed E-state index contributed by atoms with van der Waals surface area (Å²) in [6.45, 7) is 0. The van der Waals surface area contributed by atoms with Crippen molar-refractivity contribution in [3.05, 3.63) is 64.3 Å². The van der Waals surface area contributed by atoms with E-state index >= 15 is 0 Å². The molecule has 2 heterocycles. The Morgan fingerprint density at radius 3 is 2.67 bits per heavy atom. The number of methoxy groups -OCH3 is 1. The maximum Gasteiger partial charge on any atom is 0.343 e. The second-order valence-corrected chi connectivity index (χ2v) is 8.67. The summed E-state index contributed by atoms with van der Waals surface area (Å²) in [7, 11) is -3.16. The summed E-state index contributed by atoms with van der Waals surface area (Å²) in [6.07, 6.45) is -0.722. The van der Waals surface area contributed by atoms with Crippen LogP contribution in [0.5, 0.6) is 5.75 Å². The fourth-order valence-electron chi connectivity index (χ4n) is 3.08. The number of furan rings is 1. The Hall–Kier alpha value is -2.92. The van der Waals surface area contributed by atoms with Crippen molar-refractivity contribution < 1.29 is 35.9 Å². The summed E-state index contributed by atoms with van der Waals surface area (Å²) >= 11 is 3.00. The molecule has 30 heavy (non-hydrogen) atoms. The van der Waals surface area contributed by atoms with Crippen LogP contribution in [-0.4, -0.2) is 21.5 Å². The Morgan fingerprint density at radius 1 is 1.20 bits per heavy atom. The second-order valence-electron chi connectivity index (χ2n) is 6.17. The molecule has 3 aromatic rings. The van der Waals surface area contributed by atoms with Gasteiger partial charge in [-0.15, -0.1) is 0 Å². The Kier molecular flexibility index (Phi) is 5.02. The molecule has 0 saturated heterocycles. The fraction of sp³-hybridized carbons (Fsp3) is 0.105. The lowest BCUT2D eigenvalue weighted by atomic mass is 9.98. The van der Waals surface area contributed by atoms with E-state index in [9.17, 15) is 22.0 Å². The number of sulfonamides is 1. The lowest BCUT2D eigenvalue weighted by Gasteiger charge is -2.23. The molecular weight excluding hydrogens is 488 g/mol. The van der Waals surface area contributed by atoms with E-state index in [-0.39, 0.29) is 32.1 Å². The van der Waals surface area contributed by atoms with E-state index in [1.165, 1.54) is 24.5 Å². The number of halogens is 3. The van der Waals surface area contributed by atoms with Gasteiger partial charge in [0.1, 0.15) is 22.0 Å². The van der Waals surface area contributed by atoms with Crippen LogP contribution in [-0.2, 0) is 14.8 Å². The first-order valence-electron chi connectivity index (χ1n) is 8.34. The first-order chi connectivity index (χ1) is 14.2. The molecule has 0 bridgehead atoms. The zero-order chi connectivity index (χ0) is 21.6. The third kappa shape index (κ3) is 3.33. The summed E-state index contributed by atoms with van der Waals surface area (Å²) in [6, 6.07) is 7.30. The van der Waals surface area contributed by atoms with E-state index < -0.39 is 28.2 Å². The molecule has 2 aromatic carbocycles. The van der Waals surface area contributed by atoms with Crippen molar-refractivity contribution >= 4 is 37.6 Å². The average molecular weight is 500 g/mol. The fourth-order valence-corrected chi connectivity index (χ4v) is 5.20. The number of hydrogen-bond acceptors (Lipinski definition) is 6. The molecule has 1 N–H and O–H groups in total. The van der Waals surface area contributed by atoms with Crippen molar-refractivity contribution in [3.8, 4) is 16.9 Å². The highest BCUT2D eigenvalue weighted by molar-refractivity contribution is 9.10. The standard InChI is InChI=1S/C19H12BrF2NO6S/c1-27-19(24)15-13(23-30(25,26)14-5-2-9(21)8-12(14)20)4-3-10-11-6-7-28-17(11)18(22)29-16(10)15/h2-8,18,23H,1H3. The van der Waals surface area contributed by atoms with Crippen molar-refractivity contribution in [1.29, 1.82) is 0 Å². The van der Waals surface area contributed by atoms with Crippen LogP contribution in [0.15, 0.2) is 56.4 Å². The van der Waals surface area contributed by atoms with Crippen molar-refractivity contribution in [1.82, 2.24) is 0 Å². The van der Waals surface area contributed by atoms with E-state index in [0.717, 1.165) is 25.3 Å². The minimum absolute atomic E-state index is 0.0179. The molecule has 0 spiro atoms. The largest absolute Gasteiger partial charge is 0.465 e. The monoisotopic (exact) mass is 499 g/mol. The van der Waals surface area contributed by atoms with Gasteiger partial charge in [0.25, 0.3) is 16.4 Å². The van der Waals surface area contributed by atoms with Crippen LogP contribution >= 0.6 is 15.9 Å². The maximum absolute atomic E-state index is 14.4. The van der Waals surface area contributed by atoms with Crippen LogP contribution in [0.1, 0.15) is 22.5 Å². The molecular formula is C19H12BrF2NO6S. The summed E-state index contributed by atoms with van der Waals surface area (Å²) in [5.74, 6) is -1.84. The highest BCUT2D eigenvalue weighted by atomic mass is 79.9. The molecule has 0 aliphatic carbocycles. The Labute approximate surface area is 177 Å². The van der Waals surface area contributed by atoms with Gasteiger partial charge in [0.2, 0.25) is 0 Å². The number of rotatable bonds is 4. The number of carbonyl (C=O) groups is 1. The number of alkyl halides is 1. The predicted octanol–water partition coefficient (Wildman–Crippen LogP) is 4.80. The third-order valence-electron chi connectivity index (χ3n) is 4.39. The molecule has 156 valence electrons.